The first kappa shape index (κ1) is 11.9. The van der Waals surface area contributed by atoms with Crippen molar-refractivity contribution in [1.29, 1.82) is 0 Å². The SMILES string of the molecule is CC(C)C1CCC(NC2CNC(=O)C2)CC1. The summed E-state index contributed by atoms with van der Waals surface area (Å²) in [5.41, 5.74) is 0. The van der Waals surface area contributed by atoms with Gasteiger partial charge in [0.2, 0.25) is 5.91 Å². The van der Waals surface area contributed by atoms with Crippen LogP contribution in [0.1, 0.15) is 46.0 Å². The lowest BCUT2D eigenvalue weighted by atomic mass is 9.79. The number of hydrogen-bond donors (Lipinski definition) is 2. The van der Waals surface area contributed by atoms with Crippen molar-refractivity contribution < 1.29 is 4.79 Å². The van der Waals surface area contributed by atoms with Crippen LogP contribution in [0.4, 0.5) is 0 Å². The third-order valence-corrected chi connectivity index (χ3v) is 4.16. The Labute approximate surface area is 98.4 Å². The van der Waals surface area contributed by atoms with E-state index in [2.05, 4.69) is 24.5 Å². The summed E-state index contributed by atoms with van der Waals surface area (Å²) in [7, 11) is 0. The zero-order chi connectivity index (χ0) is 11.5. The topological polar surface area (TPSA) is 41.1 Å². The van der Waals surface area contributed by atoms with E-state index in [4.69, 9.17) is 0 Å². The van der Waals surface area contributed by atoms with E-state index in [1.807, 2.05) is 0 Å². The quantitative estimate of drug-likeness (QED) is 0.766. The largest absolute Gasteiger partial charge is 0.354 e. The fraction of sp³-hybridized carbons (Fsp3) is 0.923. The molecule has 2 aliphatic rings. The zero-order valence-electron chi connectivity index (χ0n) is 10.5. The van der Waals surface area contributed by atoms with E-state index in [1.54, 1.807) is 0 Å². The molecule has 2 fully saturated rings. The molecular formula is C13H24N2O. The van der Waals surface area contributed by atoms with E-state index in [-0.39, 0.29) is 5.91 Å². The average molecular weight is 224 g/mol. The van der Waals surface area contributed by atoms with Gasteiger partial charge < -0.3 is 10.6 Å². The Bertz CT molecular complexity index is 244. The van der Waals surface area contributed by atoms with Crippen LogP contribution < -0.4 is 10.6 Å². The minimum absolute atomic E-state index is 0.202. The van der Waals surface area contributed by atoms with Crippen molar-refractivity contribution in [1.82, 2.24) is 10.6 Å². The number of rotatable bonds is 3. The molecule has 3 nitrogen and oxygen atoms in total. The number of hydrogen-bond acceptors (Lipinski definition) is 2. The number of carbonyl (C=O) groups excluding carboxylic acids is 1. The van der Waals surface area contributed by atoms with Crippen molar-refractivity contribution in [3.8, 4) is 0 Å². The van der Waals surface area contributed by atoms with E-state index >= 15 is 0 Å². The van der Waals surface area contributed by atoms with Gasteiger partial charge >= 0.3 is 0 Å². The van der Waals surface area contributed by atoms with Crippen LogP contribution in [0.3, 0.4) is 0 Å². The van der Waals surface area contributed by atoms with Gasteiger partial charge in [0.1, 0.15) is 0 Å². The van der Waals surface area contributed by atoms with Crippen molar-refractivity contribution in [3.63, 3.8) is 0 Å². The molecule has 3 heteroatoms. The molecule has 1 unspecified atom stereocenters. The Morgan fingerprint density at radius 2 is 1.88 bits per heavy atom. The minimum Gasteiger partial charge on any atom is -0.354 e. The van der Waals surface area contributed by atoms with Crippen LogP contribution in [0, 0.1) is 11.8 Å². The van der Waals surface area contributed by atoms with Crippen molar-refractivity contribution in [2.24, 2.45) is 11.8 Å². The first-order chi connectivity index (χ1) is 7.65. The molecule has 1 aliphatic heterocycles. The molecule has 0 spiro atoms. The fourth-order valence-electron chi connectivity index (χ4n) is 3.01. The monoisotopic (exact) mass is 224 g/mol. The molecule has 1 saturated heterocycles. The van der Waals surface area contributed by atoms with Crippen molar-refractivity contribution in [2.45, 2.75) is 58.0 Å². The Morgan fingerprint density at radius 3 is 2.38 bits per heavy atom. The molecule has 0 aromatic heterocycles. The summed E-state index contributed by atoms with van der Waals surface area (Å²) in [5, 5.41) is 6.51. The molecule has 1 heterocycles. The first-order valence-electron chi connectivity index (χ1n) is 6.68. The van der Waals surface area contributed by atoms with Gasteiger partial charge in [-0.3, -0.25) is 4.79 Å². The average Bonchev–Trinajstić information content (AvgIpc) is 2.65. The van der Waals surface area contributed by atoms with Gasteiger partial charge in [0.25, 0.3) is 0 Å². The molecule has 1 aliphatic carbocycles. The lowest BCUT2D eigenvalue weighted by molar-refractivity contribution is -0.119. The van der Waals surface area contributed by atoms with Crippen LogP contribution in [0.15, 0.2) is 0 Å². The predicted molar refractivity (Wildman–Crippen MR) is 65.1 cm³/mol. The zero-order valence-corrected chi connectivity index (χ0v) is 10.5. The van der Waals surface area contributed by atoms with Gasteiger partial charge in [0.05, 0.1) is 0 Å². The number of amides is 1. The molecule has 1 saturated carbocycles. The van der Waals surface area contributed by atoms with E-state index in [0.717, 1.165) is 18.4 Å². The maximum Gasteiger partial charge on any atom is 0.221 e. The summed E-state index contributed by atoms with van der Waals surface area (Å²) in [6.45, 7) is 5.49. The smallest absolute Gasteiger partial charge is 0.221 e. The van der Waals surface area contributed by atoms with Crippen LogP contribution in [0.2, 0.25) is 0 Å². The summed E-state index contributed by atoms with van der Waals surface area (Å²) in [5.74, 6) is 1.95. The molecular weight excluding hydrogens is 200 g/mol. The molecule has 2 rings (SSSR count). The van der Waals surface area contributed by atoms with E-state index in [1.165, 1.54) is 25.7 Å². The predicted octanol–water partition coefficient (Wildman–Crippen LogP) is 1.68. The lowest BCUT2D eigenvalue weighted by Crippen LogP contribution is -2.41. The van der Waals surface area contributed by atoms with Gasteiger partial charge in [-0.05, 0) is 37.5 Å². The van der Waals surface area contributed by atoms with Crippen LogP contribution in [0.25, 0.3) is 0 Å². The second-order valence-electron chi connectivity index (χ2n) is 5.73. The maximum atomic E-state index is 11.1. The standard InChI is InChI=1S/C13H24N2O/c1-9(2)10-3-5-11(6-4-10)15-12-7-13(16)14-8-12/h9-12,15H,3-8H2,1-2H3,(H,14,16). The highest BCUT2D eigenvalue weighted by Gasteiger charge is 2.27. The number of carbonyl (C=O) groups is 1. The Morgan fingerprint density at radius 1 is 1.19 bits per heavy atom. The molecule has 2 N–H and O–H groups in total. The molecule has 0 aromatic rings. The van der Waals surface area contributed by atoms with Gasteiger partial charge in [0.15, 0.2) is 0 Å². The molecule has 16 heavy (non-hydrogen) atoms. The molecule has 1 atom stereocenters. The second-order valence-corrected chi connectivity index (χ2v) is 5.73. The highest BCUT2D eigenvalue weighted by Crippen LogP contribution is 2.30. The molecule has 0 aromatic carbocycles. The van der Waals surface area contributed by atoms with E-state index < -0.39 is 0 Å². The van der Waals surface area contributed by atoms with Crippen LogP contribution in [0.5, 0.6) is 0 Å². The van der Waals surface area contributed by atoms with Gasteiger partial charge in [-0.15, -0.1) is 0 Å². The van der Waals surface area contributed by atoms with Gasteiger partial charge in [-0.25, -0.2) is 0 Å². The third-order valence-electron chi connectivity index (χ3n) is 4.16. The highest BCUT2D eigenvalue weighted by atomic mass is 16.1. The van der Waals surface area contributed by atoms with Crippen molar-refractivity contribution in [3.05, 3.63) is 0 Å². The Hall–Kier alpha value is -0.570. The van der Waals surface area contributed by atoms with Crippen LogP contribution in [-0.4, -0.2) is 24.5 Å². The van der Waals surface area contributed by atoms with Crippen molar-refractivity contribution >= 4 is 5.91 Å². The Balaban J connectivity index is 1.71. The maximum absolute atomic E-state index is 11.1. The minimum atomic E-state index is 0.202. The molecule has 0 radical (unpaired) electrons. The molecule has 1 amide bonds. The van der Waals surface area contributed by atoms with Crippen LogP contribution >= 0.6 is 0 Å². The number of nitrogens with one attached hydrogen (secondary N) is 2. The summed E-state index contributed by atoms with van der Waals surface area (Å²) in [6, 6.07) is 1.03. The third kappa shape index (κ3) is 2.97. The lowest BCUT2D eigenvalue weighted by Gasteiger charge is -2.32. The van der Waals surface area contributed by atoms with E-state index in [0.29, 0.717) is 18.5 Å². The fourth-order valence-corrected chi connectivity index (χ4v) is 3.01. The molecule has 0 bridgehead atoms. The van der Waals surface area contributed by atoms with Gasteiger partial charge in [-0.1, -0.05) is 13.8 Å². The van der Waals surface area contributed by atoms with E-state index in [9.17, 15) is 4.79 Å². The normalized spacial score (nSPS) is 35.4. The van der Waals surface area contributed by atoms with Gasteiger partial charge in [-0.2, -0.15) is 0 Å². The summed E-state index contributed by atoms with van der Waals surface area (Å²) in [6.07, 6.45) is 5.94. The first-order valence-corrected chi connectivity index (χ1v) is 6.68. The summed E-state index contributed by atoms with van der Waals surface area (Å²) in [4.78, 5) is 11.1. The van der Waals surface area contributed by atoms with Crippen LogP contribution in [-0.2, 0) is 4.79 Å². The van der Waals surface area contributed by atoms with Gasteiger partial charge in [0, 0.05) is 25.0 Å². The summed E-state index contributed by atoms with van der Waals surface area (Å²) >= 11 is 0. The summed E-state index contributed by atoms with van der Waals surface area (Å²) < 4.78 is 0. The molecule has 92 valence electrons. The second kappa shape index (κ2) is 5.17. The Kier molecular flexibility index (Phi) is 3.85. The highest BCUT2D eigenvalue weighted by molar-refractivity contribution is 5.78. The van der Waals surface area contributed by atoms with Crippen molar-refractivity contribution in [2.75, 3.05) is 6.54 Å².